The maximum atomic E-state index is 4.95. The second-order valence-electron chi connectivity index (χ2n) is 6.81. The summed E-state index contributed by atoms with van der Waals surface area (Å²) in [5.74, 6) is 1.07. The lowest BCUT2D eigenvalue weighted by Crippen LogP contribution is -2.32. The summed E-state index contributed by atoms with van der Waals surface area (Å²) in [6.45, 7) is 7.56. The van der Waals surface area contributed by atoms with Gasteiger partial charge in [0.05, 0.1) is 29.0 Å². The van der Waals surface area contributed by atoms with Crippen molar-refractivity contribution in [3.05, 3.63) is 28.9 Å². The van der Waals surface area contributed by atoms with E-state index in [2.05, 4.69) is 46.4 Å². The van der Waals surface area contributed by atoms with Gasteiger partial charge in [-0.25, -0.2) is 4.99 Å². The third-order valence-electron chi connectivity index (χ3n) is 4.79. The minimum absolute atomic E-state index is 0.915. The first-order valence-electron chi connectivity index (χ1n) is 9.16. The van der Waals surface area contributed by atoms with E-state index in [4.69, 9.17) is 4.99 Å². The second kappa shape index (κ2) is 7.14. The van der Waals surface area contributed by atoms with Crippen LogP contribution in [0.2, 0.25) is 0 Å². The number of aromatic nitrogens is 2. The molecule has 4 heterocycles. The summed E-state index contributed by atoms with van der Waals surface area (Å²) in [4.78, 5) is 9.93. The van der Waals surface area contributed by atoms with Crippen molar-refractivity contribution in [3.63, 3.8) is 0 Å². The van der Waals surface area contributed by atoms with Gasteiger partial charge in [-0.05, 0) is 45.3 Å². The molecular formula is C19H25N5S. The zero-order valence-corrected chi connectivity index (χ0v) is 15.7. The number of anilines is 1. The van der Waals surface area contributed by atoms with Crippen molar-refractivity contribution < 1.29 is 0 Å². The number of nitrogens with one attached hydrogen (secondary N) is 2. The zero-order valence-electron chi connectivity index (χ0n) is 14.9. The van der Waals surface area contributed by atoms with Gasteiger partial charge in [0.25, 0.3) is 0 Å². The molecule has 2 aromatic rings. The molecule has 2 aliphatic rings. The number of likely N-dealkylation sites (tertiary alicyclic amines) is 1. The van der Waals surface area contributed by atoms with Crippen molar-refractivity contribution in [1.29, 1.82) is 0 Å². The molecule has 2 aliphatic heterocycles. The molecule has 0 aliphatic carbocycles. The lowest BCUT2D eigenvalue weighted by molar-refractivity contribution is 0.388. The van der Waals surface area contributed by atoms with Crippen LogP contribution in [0.1, 0.15) is 43.2 Å². The van der Waals surface area contributed by atoms with E-state index < -0.39 is 0 Å². The molecule has 4 rings (SSSR count). The Morgan fingerprint density at radius 2 is 2.16 bits per heavy atom. The topological polar surface area (TPSA) is 56.3 Å². The van der Waals surface area contributed by atoms with Crippen LogP contribution in [0.5, 0.6) is 0 Å². The van der Waals surface area contributed by atoms with Gasteiger partial charge in [-0.3, -0.25) is 10.00 Å². The van der Waals surface area contributed by atoms with Gasteiger partial charge >= 0.3 is 0 Å². The molecule has 0 amide bonds. The Morgan fingerprint density at radius 3 is 2.88 bits per heavy atom. The van der Waals surface area contributed by atoms with E-state index >= 15 is 0 Å². The van der Waals surface area contributed by atoms with Gasteiger partial charge in [0.15, 0.2) is 0 Å². The van der Waals surface area contributed by atoms with Gasteiger partial charge in [-0.2, -0.15) is 5.10 Å². The molecule has 1 fully saturated rings. The summed E-state index contributed by atoms with van der Waals surface area (Å²) < 4.78 is 0. The molecule has 25 heavy (non-hydrogen) atoms. The minimum atomic E-state index is 0.915. The summed E-state index contributed by atoms with van der Waals surface area (Å²) in [6, 6.07) is 2.25. The van der Waals surface area contributed by atoms with E-state index in [1.54, 1.807) is 11.3 Å². The third kappa shape index (κ3) is 3.41. The lowest BCUT2D eigenvalue weighted by atomic mass is 10.1. The van der Waals surface area contributed by atoms with Crippen molar-refractivity contribution in [2.45, 2.75) is 39.5 Å². The summed E-state index contributed by atoms with van der Waals surface area (Å²) in [6.07, 6.45) is 9.01. The van der Waals surface area contributed by atoms with Crippen LogP contribution in [0, 0.1) is 6.92 Å². The van der Waals surface area contributed by atoms with Crippen molar-refractivity contribution in [2.75, 3.05) is 25.0 Å². The van der Waals surface area contributed by atoms with Crippen molar-refractivity contribution in [1.82, 2.24) is 15.1 Å². The molecule has 0 bridgehead atoms. The highest BCUT2D eigenvalue weighted by molar-refractivity contribution is 7.17. The first-order valence-corrected chi connectivity index (χ1v) is 9.98. The fourth-order valence-electron chi connectivity index (χ4n) is 3.43. The number of aromatic amines is 1. The number of hydrogen-bond donors (Lipinski definition) is 2. The summed E-state index contributed by atoms with van der Waals surface area (Å²) in [5, 5.41) is 10.8. The smallest absolute Gasteiger partial charge is 0.121 e. The highest BCUT2D eigenvalue weighted by atomic mass is 32.1. The quantitative estimate of drug-likeness (QED) is 0.830. The van der Waals surface area contributed by atoms with Crippen LogP contribution in [0.15, 0.2) is 23.3 Å². The molecule has 0 atom stereocenters. The Hall–Kier alpha value is -1.92. The van der Waals surface area contributed by atoms with Crippen molar-refractivity contribution in [3.8, 4) is 10.4 Å². The summed E-state index contributed by atoms with van der Waals surface area (Å²) in [7, 11) is 0. The van der Waals surface area contributed by atoms with Crippen LogP contribution in [-0.2, 0) is 0 Å². The van der Waals surface area contributed by atoms with E-state index in [1.165, 1.54) is 46.9 Å². The highest BCUT2D eigenvalue weighted by Crippen LogP contribution is 2.42. The normalized spacial score (nSPS) is 19.1. The number of rotatable bonds is 5. The molecule has 132 valence electrons. The van der Waals surface area contributed by atoms with Gasteiger partial charge in [-0.15, -0.1) is 11.3 Å². The zero-order chi connectivity index (χ0) is 17.2. The molecule has 2 N–H and O–H groups in total. The molecule has 6 heteroatoms. The monoisotopic (exact) mass is 355 g/mol. The van der Waals surface area contributed by atoms with Crippen molar-refractivity contribution >= 4 is 28.6 Å². The average Bonchev–Trinajstić information content (AvgIpc) is 3.33. The Morgan fingerprint density at radius 1 is 1.32 bits per heavy atom. The van der Waals surface area contributed by atoms with Crippen LogP contribution in [0.3, 0.4) is 0 Å². The van der Waals surface area contributed by atoms with Crippen LogP contribution in [0.25, 0.3) is 16.1 Å². The standard InChI is InChI=1S/C19H25N5S/c1-3-4-7-15-19-16(10-17(25-19)14-11-20-23-13(14)2)22-18(21-15)12-24-8-5-6-9-24/h7,10-11H,3-6,8-9,12H2,1-2H3,(H,20,23)(H,21,22)/b15-7+. The molecule has 0 aromatic carbocycles. The molecule has 0 saturated carbocycles. The van der Waals surface area contributed by atoms with E-state index in [9.17, 15) is 0 Å². The molecule has 1 saturated heterocycles. The summed E-state index contributed by atoms with van der Waals surface area (Å²) in [5.41, 5.74) is 4.60. The van der Waals surface area contributed by atoms with Gasteiger partial charge in [0.1, 0.15) is 5.84 Å². The van der Waals surface area contributed by atoms with Crippen LogP contribution >= 0.6 is 11.3 Å². The number of unbranched alkanes of at least 4 members (excludes halogenated alkanes) is 1. The van der Waals surface area contributed by atoms with E-state index in [1.807, 2.05) is 6.20 Å². The largest absolute Gasteiger partial charge is 0.341 e. The molecular weight excluding hydrogens is 330 g/mol. The van der Waals surface area contributed by atoms with Gasteiger partial charge in [0.2, 0.25) is 0 Å². The van der Waals surface area contributed by atoms with Crippen LogP contribution in [0.4, 0.5) is 5.69 Å². The predicted molar refractivity (Wildman–Crippen MR) is 106 cm³/mol. The fraction of sp³-hybridized carbons (Fsp3) is 0.474. The molecule has 5 nitrogen and oxygen atoms in total. The molecule has 2 aromatic heterocycles. The third-order valence-corrected chi connectivity index (χ3v) is 5.98. The maximum Gasteiger partial charge on any atom is 0.121 e. The SMILES string of the molecule is CCC/C=C1/N=C(CN2CCCC2)Nc2cc(-c3cn[nH]c3C)sc21. The number of aliphatic imine (C=N–C) groups is 1. The molecule has 0 spiro atoms. The first kappa shape index (κ1) is 16.5. The number of fused-ring (bicyclic) bond motifs is 1. The number of amidine groups is 1. The van der Waals surface area contributed by atoms with Crippen molar-refractivity contribution in [2.24, 2.45) is 4.99 Å². The second-order valence-corrected chi connectivity index (χ2v) is 7.86. The van der Waals surface area contributed by atoms with E-state index in [0.717, 1.165) is 36.6 Å². The van der Waals surface area contributed by atoms with Gasteiger partial charge in [-0.1, -0.05) is 19.4 Å². The number of H-pyrrole nitrogens is 1. The molecule has 0 unspecified atom stereocenters. The van der Waals surface area contributed by atoms with E-state index in [-0.39, 0.29) is 0 Å². The number of hydrogen-bond acceptors (Lipinski definition) is 5. The van der Waals surface area contributed by atoms with Gasteiger partial charge < -0.3 is 5.32 Å². The van der Waals surface area contributed by atoms with Crippen LogP contribution < -0.4 is 5.32 Å². The minimum Gasteiger partial charge on any atom is -0.341 e. The lowest BCUT2D eigenvalue weighted by Gasteiger charge is -2.21. The Balaban J connectivity index is 1.65. The molecule has 0 radical (unpaired) electrons. The Labute approximate surface area is 152 Å². The average molecular weight is 356 g/mol. The summed E-state index contributed by atoms with van der Waals surface area (Å²) >= 11 is 1.80. The van der Waals surface area contributed by atoms with Gasteiger partial charge in [0, 0.05) is 16.1 Å². The van der Waals surface area contributed by atoms with Crippen LogP contribution in [-0.4, -0.2) is 40.6 Å². The Bertz CT molecular complexity index is 808. The maximum absolute atomic E-state index is 4.95. The predicted octanol–water partition coefficient (Wildman–Crippen LogP) is 4.51. The van der Waals surface area contributed by atoms with E-state index in [0.29, 0.717) is 0 Å². The Kier molecular flexibility index (Phi) is 4.72. The number of nitrogens with zero attached hydrogens (tertiary/aromatic N) is 3. The number of aryl methyl sites for hydroxylation is 1. The number of allylic oxidation sites excluding steroid dienone is 1. The number of thiophene rings is 1. The first-order chi connectivity index (χ1) is 12.2. The fourth-order valence-corrected chi connectivity index (χ4v) is 4.60. The highest BCUT2D eigenvalue weighted by Gasteiger charge is 2.23.